The van der Waals surface area contributed by atoms with Gasteiger partial charge in [0.25, 0.3) is 0 Å². The van der Waals surface area contributed by atoms with Gasteiger partial charge in [-0.3, -0.25) is 0 Å². The number of pyridine rings is 1. The molecule has 0 saturated heterocycles. The van der Waals surface area contributed by atoms with Crippen molar-refractivity contribution < 1.29 is 9.53 Å². The lowest BCUT2D eigenvalue weighted by molar-refractivity contribution is 0.0492. The van der Waals surface area contributed by atoms with Crippen LogP contribution in [0, 0.1) is 0 Å². The molecule has 2 rings (SSSR count). The van der Waals surface area contributed by atoms with Gasteiger partial charge in [-0.1, -0.05) is 11.6 Å². The van der Waals surface area contributed by atoms with Gasteiger partial charge in [-0.2, -0.15) is 0 Å². The van der Waals surface area contributed by atoms with Crippen LogP contribution in [0.3, 0.4) is 0 Å². The summed E-state index contributed by atoms with van der Waals surface area (Å²) in [5.74, 6) is 0. The molecule has 1 aliphatic rings. The maximum atomic E-state index is 11.8. The topological polar surface area (TPSA) is 89.3 Å². The van der Waals surface area contributed by atoms with Crippen LogP contribution in [0.15, 0.2) is 12.3 Å². The number of alkyl carbamates (subject to hydrolysis) is 1. The average Bonchev–Trinajstić information content (AvgIpc) is 2.43. The minimum Gasteiger partial charge on any atom is -0.444 e. The molecule has 7 heteroatoms. The molecule has 1 aromatic rings. The number of nitrogen functional groups attached to an aromatic ring is 1. The molecule has 0 bridgehead atoms. The Balaban J connectivity index is 1.80. The van der Waals surface area contributed by atoms with Crippen molar-refractivity contribution in [1.82, 2.24) is 10.3 Å². The lowest BCUT2D eigenvalue weighted by Gasteiger charge is -2.31. The summed E-state index contributed by atoms with van der Waals surface area (Å²) in [5.41, 5.74) is 6.83. The second-order valence-corrected chi connectivity index (χ2v) is 7.32. The van der Waals surface area contributed by atoms with Gasteiger partial charge >= 0.3 is 6.09 Å². The first kappa shape index (κ1) is 17.7. The van der Waals surface area contributed by atoms with Crippen molar-refractivity contribution >= 4 is 29.1 Å². The van der Waals surface area contributed by atoms with Crippen LogP contribution in [-0.4, -0.2) is 28.8 Å². The number of aromatic nitrogens is 1. The van der Waals surface area contributed by atoms with E-state index in [1.165, 1.54) is 0 Å². The number of carbonyl (C=O) groups is 1. The molecule has 23 heavy (non-hydrogen) atoms. The molecular weight excluding hydrogens is 316 g/mol. The Morgan fingerprint density at radius 3 is 2.52 bits per heavy atom. The van der Waals surface area contributed by atoms with Crippen LogP contribution in [-0.2, 0) is 4.74 Å². The van der Waals surface area contributed by atoms with Crippen LogP contribution in [0.25, 0.3) is 0 Å². The molecule has 0 aromatic carbocycles. The molecule has 0 spiro atoms. The minimum absolute atomic E-state index is 0.154. The molecule has 1 heterocycles. The van der Waals surface area contributed by atoms with Gasteiger partial charge in [0.15, 0.2) is 0 Å². The second kappa shape index (κ2) is 7.25. The molecule has 6 nitrogen and oxygen atoms in total. The number of hydrogen-bond acceptors (Lipinski definition) is 5. The van der Waals surface area contributed by atoms with Crippen LogP contribution in [0.2, 0.25) is 5.15 Å². The lowest BCUT2D eigenvalue weighted by atomic mass is 9.91. The largest absolute Gasteiger partial charge is 0.444 e. The lowest BCUT2D eigenvalue weighted by Crippen LogP contribution is -2.42. The Bertz CT molecular complexity index is 552. The molecule has 1 aromatic heterocycles. The van der Waals surface area contributed by atoms with E-state index in [1.807, 2.05) is 20.8 Å². The molecule has 1 amide bonds. The molecule has 1 saturated carbocycles. The molecule has 4 N–H and O–H groups in total. The number of amides is 1. The van der Waals surface area contributed by atoms with Gasteiger partial charge in [0.05, 0.1) is 17.6 Å². The number of nitrogens with one attached hydrogen (secondary N) is 2. The second-order valence-electron chi connectivity index (χ2n) is 6.93. The van der Waals surface area contributed by atoms with E-state index in [0.29, 0.717) is 16.9 Å². The molecular formula is C16H25ClN4O2. The minimum atomic E-state index is -0.471. The van der Waals surface area contributed by atoms with Gasteiger partial charge in [-0.15, -0.1) is 0 Å². The first-order chi connectivity index (χ1) is 10.7. The van der Waals surface area contributed by atoms with Gasteiger partial charge in [-0.25, -0.2) is 9.78 Å². The van der Waals surface area contributed by atoms with Crippen LogP contribution < -0.4 is 16.4 Å². The van der Waals surface area contributed by atoms with E-state index >= 15 is 0 Å². The van der Waals surface area contributed by atoms with Crippen molar-refractivity contribution in [3.63, 3.8) is 0 Å². The summed E-state index contributed by atoms with van der Waals surface area (Å²) < 4.78 is 5.29. The Labute approximate surface area is 142 Å². The van der Waals surface area contributed by atoms with Crippen LogP contribution in [0.1, 0.15) is 46.5 Å². The third kappa shape index (κ3) is 5.78. The Morgan fingerprint density at radius 1 is 1.30 bits per heavy atom. The fourth-order valence-corrected chi connectivity index (χ4v) is 2.80. The highest BCUT2D eigenvalue weighted by Gasteiger charge is 2.25. The van der Waals surface area contributed by atoms with Crippen molar-refractivity contribution in [2.24, 2.45) is 0 Å². The van der Waals surface area contributed by atoms with Gasteiger partial charge in [0.1, 0.15) is 10.8 Å². The van der Waals surface area contributed by atoms with Crippen LogP contribution >= 0.6 is 11.6 Å². The zero-order chi connectivity index (χ0) is 17.0. The number of halogens is 1. The third-order valence-corrected chi connectivity index (χ3v) is 3.92. The number of anilines is 2. The SMILES string of the molecule is CC(C)(C)OC(=O)NC1CCC(Nc2cc(Cl)ncc2N)CC1. The molecule has 1 aliphatic carbocycles. The summed E-state index contributed by atoms with van der Waals surface area (Å²) in [6.07, 6.45) is 4.89. The average molecular weight is 341 g/mol. The number of carbonyl (C=O) groups excluding carboxylic acids is 1. The fraction of sp³-hybridized carbons (Fsp3) is 0.625. The molecule has 128 valence electrons. The summed E-state index contributed by atoms with van der Waals surface area (Å²) in [4.78, 5) is 15.7. The third-order valence-electron chi connectivity index (χ3n) is 3.71. The first-order valence-corrected chi connectivity index (χ1v) is 8.28. The van der Waals surface area contributed by atoms with Crippen molar-refractivity contribution in [3.8, 4) is 0 Å². The fourth-order valence-electron chi connectivity index (χ4n) is 2.64. The highest BCUT2D eigenvalue weighted by atomic mass is 35.5. The maximum absolute atomic E-state index is 11.8. The van der Waals surface area contributed by atoms with Crippen molar-refractivity contribution in [2.75, 3.05) is 11.1 Å². The molecule has 1 fully saturated rings. The first-order valence-electron chi connectivity index (χ1n) is 7.90. The van der Waals surface area contributed by atoms with E-state index in [4.69, 9.17) is 22.1 Å². The normalized spacial score (nSPS) is 21.6. The number of hydrogen-bond donors (Lipinski definition) is 3. The molecule has 0 aliphatic heterocycles. The molecule has 0 unspecified atom stereocenters. The highest BCUT2D eigenvalue weighted by Crippen LogP contribution is 2.26. The maximum Gasteiger partial charge on any atom is 0.407 e. The number of nitrogens with two attached hydrogens (primary N) is 1. The quantitative estimate of drug-likeness (QED) is 0.732. The summed E-state index contributed by atoms with van der Waals surface area (Å²) in [6.45, 7) is 5.58. The summed E-state index contributed by atoms with van der Waals surface area (Å²) in [5, 5.41) is 6.76. The van der Waals surface area contributed by atoms with Gasteiger partial charge in [0, 0.05) is 18.2 Å². The predicted octanol–water partition coefficient (Wildman–Crippen LogP) is 3.57. The highest BCUT2D eigenvalue weighted by molar-refractivity contribution is 6.29. The Hall–Kier alpha value is -1.69. The van der Waals surface area contributed by atoms with E-state index in [1.54, 1.807) is 12.3 Å². The number of rotatable bonds is 3. The van der Waals surface area contributed by atoms with Crippen molar-refractivity contribution in [2.45, 2.75) is 64.1 Å². The van der Waals surface area contributed by atoms with Gasteiger partial charge in [0.2, 0.25) is 0 Å². The van der Waals surface area contributed by atoms with Crippen LogP contribution in [0.4, 0.5) is 16.2 Å². The van der Waals surface area contributed by atoms with E-state index in [9.17, 15) is 4.79 Å². The Morgan fingerprint density at radius 2 is 1.91 bits per heavy atom. The van der Waals surface area contributed by atoms with E-state index in [-0.39, 0.29) is 12.1 Å². The van der Waals surface area contributed by atoms with E-state index in [2.05, 4.69) is 15.6 Å². The number of ether oxygens (including phenoxy) is 1. The van der Waals surface area contributed by atoms with Crippen LogP contribution in [0.5, 0.6) is 0 Å². The van der Waals surface area contributed by atoms with E-state index in [0.717, 1.165) is 31.4 Å². The van der Waals surface area contributed by atoms with Gasteiger partial charge in [-0.05, 0) is 46.5 Å². The summed E-state index contributed by atoms with van der Waals surface area (Å²) in [7, 11) is 0. The van der Waals surface area contributed by atoms with E-state index < -0.39 is 5.60 Å². The zero-order valence-electron chi connectivity index (χ0n) is 13.9. The van der Waals surface area contributed by atoms with Crippen molar-refractivity contribution in [1.29, 1.82) is 0 Å². The summed E-state index contributed by atoms with van der Waals surface area (Å²) >= 11 is 5.90. The van der Waals surface area contributed by atoms with Gasteiger partial charge < -0.3 is 21.1 Å². The smallest absolute Gasteiger partial charge is 0.407 e. The van der Waals surface area contributed by atoms with Crippen molar-refractivity contribution in [3.05, 3.63) is 17.4 Å². The Kier molecular flexibility index (Phi) is 5.57. The standard InChI is InChI=1S/C16H25ClN4O2/c1-16(2,3)23-15(22)21-11-6-4-10(5-7-11)20-13-8-14(17)19-9-12(13)18/h8-11H,4-7,18H2,1-3H3,(H,19,20)(H,21,22). The molecule has 0 radical (unpaired) electrons. The monoisotopic (exact) mass is 340 g/mol. The number of nitrogens with zero attached hydrogens (tertiary/aromatic N) is 1. The zero-order valence-corrected chi connectivity index (χ0v) is 14.6. The molecule has 0 atom stereocenters. The summed E-state index contributed by atoms with van der Waals surface area (Å²) in [6, 6.07) is 2.20. The predicted molar refractivity (Wildman–Crippen MR) is 92.7 cm³/mol.